The second-order valence-corrected chi connectivity index (χ2v) is 7.43. The zero-order valence-corrected chi connectivity index (χ0v) is 17.1. The molecule has 0 saturated heterocycles. The fourth-order valence-corrected chi connectivity index (χ4v) is 3.25. The summed E-state index contributed by atoms with van der Waals surface area (Å²) in [6.07, 6.45) is 11.7. The van der Waals surface area contributed by atoms with Gasteiger partial charge in [-0.2, -0.15) is 0 Å². The Morgan fingerprint density at radius 2 is 1.62 bits per heavy atom. The number of hydrogen-bond donors (Lipinski definition) is 1. The van der Waals surface area contributed by atoms with Crippen molar-refractivity contribution in [2.24, 2.45) is 0 Å². The van der Waals surface area contributed by atoms with Crippen molar-refractivity contribution in [3.05, 3.63) is 96.7 Å². The van der Waals surface area contributed by atoms with Crippen LogP contribution in [0.4, 0.5) is 0 Å². The second kappa shape index (κ2) is 10.5. The quantitative estimate of drug-likeness (QED) is 0.329. The van der Waals surface area contributed by atoms with Crippen LogP contribution in [0.25, 0.3) is 28.5 Å². The zero-order chi connectivity index (χ0) is 20.5. The van der Waals surface area contributed by atoms with Gasteiger partial charge in [-0.25, -0.2) is 0 Å². The van der Waals surface area contributed by atoms with Crippen molar-refractivity contribution in [2.75, 3.05) is 0 Å². The van der Waals surface area contributed by atoms with Crippen LogP contribution in [0.3, 0.4) is 0 Å². The maximum Gasteiger partial charge on any atom is 0.0702 e. The van der Waals surface area contributed by atoms with Crippen molar-refractivity contribution >= 4 is 6.08 Å². The molecule has 0 spiro atoms. The molecule has 0 bridgehead atoms. The molecule has 0 amide bonds. The van der Waals surface area contributed by atoms with E-state index in [-0.39, 0.29) is 6.10 Å². The van der Waals surface area contributed by atoms with Crippen LogP contribution in [0.2, 0.25) is 0 Å². The minimum Gasteiger partial charge on any atom is -0.393 e. The second-order valence-electron chi connectivity index (χ2n) is 7.43. The number of pyridine rings is 1. The summed E-state index contributed by atoms with van der Waals surface area (Å²) >= 11 is 0. The van der Waals surface area contributed by atoms with Crippen LogP contribution in [0.5, 0.6) is 0 Å². The Balaban J connectivity index is 1.62. The van der Waals surface area contributed by atoms with Crippen LogP contribution < -0.4 is 0 Å². The number of benzene rings is 2. The van der Waals surface area contributed by atoms with E-state index < -0.39 is 0 Å². The summed E-state index contributed by atoms with van der Waals surface area (Å²) in [6.45, 7) is 5.62. The van der Waals surface area contributed by atoms with Gasteiger partial charge in [-0.1, -0.05) is 72.8 Å². The molecule has 0 aliphatic rings. The van der Waals surface area contributed by atoms with Gasteiger partial charge in [0, 0.05) is 17.3 Å². The van der Waals surface area contributed by atoms with Crippen LogP contribution in [-0.4, -0.2) is 16.2 Å². The van der Waals surface area contributed by atoms with Crippen molar-refractivity contribution in [1.29, 1.82) is 0 Å². The minimum absolute atomic E-state index is 0.209. The smallest absolute Gasteiger partial charge is 0.0702 e. The molecule has 2 heteroatoms. The molecule has 0 fully saturated rings. The Morgan fingerprint density at radius 3 is 2.24 bits per heavy atom. The Kier molecular flexibility index (Phi) is 7.54. The molecule has 2 aromatic carbocycles. The lowest BCUT2D eigenvalue weighted by Gasteiger charge is -2.06. The first-order valence-corrected chi connectivity index (χ1v) is 10.3. The molecular formula is C27H29NO. The normalized spacial score (nSPS) is 12.2. The molecule has 0 saturated carbocycles. The lowest BCUT2D eigenvalue weighted by molar-refractivity contribution is 0.182. The summed E-state index contributed by atoms with van der Waals surface area (Å²) < 4.78 is 0. The number of aromatic nitrogens is 1. The summed E-state index contributed by atoms with van der Waals surface area (Å²) in [5.74, 6) is 0. The average molecular weight is 384 g/mol. The molecule has 0 aliphatic heterocycles. The van der Waals surface area contributed by atoms with E-state index >= 15 is 0 Å². The van der Waals surface area contributed by atoms with E-state index in [1.807, 2.05) is 19.2 Å². The monoisotopic (exact) mass is 383 g/mol. The van der Waals surface area contributed by atoms with Crippen molar-refractivity contribution in [1.82, 2.24) is 4.98 Å². The van der Waals surface area contributed by atoms with Crippen molar-refractivity contribution in [3.8, 4) is 22.4 Å². The molecule has 1 aromatic heterocycles. The van der Waals surface area contributed by atoms with Gasteiger partial charge < -0.3 is 5.11 Å². The number of rotatable bonds is 9. The Hall–Kier alpha value is -2.97. The van der Waals surface area contributed by atoms with E-state index in [4.69, 9.17) is 0 Å². The van der Waals surface area contributed by atoms with Gasteiger partial charge in [0.1, 0.15) is 0 Å². The van der Waals surface area contributed by atoms with Gasteiger partial charge in [0.25, 0.3) is 0 Å². The predicted molar refractivity (Wildman–Crippen MR) is 124 cm³/mol. The third kappa shape index (κ3) is 6.27. The fourth-order valence-electron chi connectivity index (χ4n) is 3.25. The third-order valence-corrected chi connectivity index (χ3v) is 4.94. The van der Waals surface area contributed by atoms with Gasteiger partial charge >= 0.3 is 0 Å². The molecule has 1 atom stereocenters. The van der Waals surface area contributed by atoms with Gasteiger partial charge in [-0.3, -0.25) is 4.98 Å². The molecule has 29 heavy (non-hydrogen) atoms. The van der Waals surface area contributed by atoms with Gasteiger partial charge in [-0.05, 0) is 55.4 Å². The van der Waals surface area contributed by atoms with E-state index in [1.54, 1.807) is 0 Å². The average Bonchev–Trinajstić information content (AvgIpc) is 2.75. The highest BCUT2D eigenvalue weighted by Crippen LogP contribution is 2.23. The van der Waals surface area contributed by atoms with Crippen LogP contribution in [-0.2, 0) is 6.42 Å². The molecule has 1 heterocycles. The highest BCUT2D eigenvalue weighted by Gasteiger charge is 2.02. The van der Waals surface area contributed by atoms with Crippen molar-refractivity contribution in [2.45, 2.75) is 38.7 Å². The number of aliphatic hydroxyl groups is 1. The first-order chi connectivity index (χ1) is 14.2. The Bertz CT molecular complexity index is 920. The number of aliphatic hydroxyl groups excluding tert-OH is 1. The highest BCUT2D eigenvalue weighted by molar-refractivity contribution is 5.68. The molecule has 0 aliphatic carbocycles. The summed E-state index contributed by atoms with van der Waals surface area (Å²) in [6, 6.07) is 21.2. The van der Waals surface area contributed by atoms with E-state index in [0.29, 0.717) is 0 Å². The van der Waals surface area contributed by atoms with E-state index in [0.717, 1.165) is 48.1 Å². The standard InChI is InChI=1S/C27H29NO/c1-3-7-22-12-16-25(17-13-22)27-19-18-26(20-28-27)24-14-10-23(11-15-24)9-6-4-5-8-21(2)29/h3,6,9-21,29H,1,4-5,7-8H2,2H3. The largest absolute Gasteiger partial charge is 0.393 e. The van der Waals surface area contributed by atoms with E-state index in [9.17, 15) is 5.11 Å². The van der Waals surface area contributed by atoms with Gasteiger partial charge in [-0.15, -0.1) is 6.58 Å². The van der Waals surface area contributed by atoms with Gasteiger partial charge in [0.05, 0.1) is 11.8 Å². The molecule has 0 radical (unpaired) electrons. The molecular weight excluding hydrogens is 354 g/mol. The summed E-state index contributed by atoms with van der Waals surface area (Å²) in [4.78, 5) is 4.65. The number of unbranched alkanes of at least 4 members (excludes halogenated alkanes) is 1. The molecule has 3 aromatic rings. The first-order valence-electron chi connectivity index (χ1n) is 10.3. The summed E-state index contributed by atoms with van der Waals surface area (Å²) in [7, 11) is 0. The summed E-state index contributed by atoms with van der Waals surface area (Å²) in [5.41, 5.74) is 6.84. The number of hydrogen-bond acceptors (Lipinski definition) is 2. The maximum atomic E-state index is 9.29. The highest BCUT2D eigenvalue weighted by atomic mass is 16.3. The molecule has 3 rings (SSSR count). The Labute approximate surface area is 174 Å². The lowest BCUT2D eigenvalue weighted by atomic mass is 10.0. The SMILES string of the molecule is C=CCc1ccc(-c2ccc(-c3ccc(C=CCCCC(C)O)cc3)cn2)cc1. The molecule has 1 unspecified atom stereocenters. The van der Waals surface area contributed by atoms with Crippen molar-refractivity contribution in [3.63, 3.8) is 0 Å². The number of allylic oxidation sites excluding steroid dienone is 2. The lowest BCUT2D eigenvalue weighted by Crippen LogP contribution is -1.97. The fraction of sp³-hybridized carbons (Fsp3) is 0.222. The Morgan fingerprint density at radius 1 is 0.931 bits per heavy atom. The predicted octanol–water partition coefficient (Wildman–Crippen LogP) is 6.71. The van der Waals surface area contributed by atoms with E-state index in [2.05, 4.69) is 84.4 Å². The topological polar surface area (TPSA) is 33.1 Å². The third-order valence-electron chi connectivity index (χ3n) is 4.94. The first kappa shape index (κ1) is 20.8. The minimum atomic E-state index is -0.209. The zero-order valence-electron chi connectivity index (χ0n) is 17.1. The van der Waals surface area contributed by atoms with Gasteiger partial charge in [0.15, 0.2) is 0 Å². The number of nitrogens with zero attached hydrogens (tertiary/aromatic N) is 1. The van der Waals surface area contributed by atoms with Crippen LogP contribution in [0.15, 0.2) is 85.6 Å². The molecule has 148 valence electrons. The molecule has 2 nitrogen and oxygen atoms in total. The van der Waals surface area contributed by atoms with Crippen LogP contribution in [0, 0.1) is 0 Å². The van der Waals surface area contributed by atoms with Crippen LogP contribution in [0.1, 0.15) is 37.3 Å². The van der Waals surface area contributed by atoms with Crippen molar-refractivity contribution < 1.29 is 5.11 Å². The van der Waals surface area contributed by atoms with Crippen LogP contribution >= 0.6 is 0 Å². The maximum absolute atomic E-state index is 9.29. The summed E-state index contributed by atoms with van der Waals surface area (Å²) in [5, 5.41) is 9.29. The molecule has 1 N–H and O–H groups in total. The van der Waals surface area contributed by atoms with E-state index in [1.165, 1.54) is 11.1 Å². The van der Waals surface area contributed by atoms with Gasteiger partial charge in [0.2, 0.25) is 0 Å².